The van der Waals surface area contributed by atoms with Gasteiger partial charge in [-0.15, -0.1) is 0 Å². The predicted molar refractivity (Wildman–Crippen MR) is 155 cm³/mol. The van der Waals surface area contributed by atoms with Crippen LogP contribution in [0.2, 0.25) is 0 Å². The van der Waals surface area contributed by atoms with Crippen LogP contribution in [0.5, 0.6) is 11.5 Å². The zero-order valence-electron chi connectivity index (χ0n) is 23.3. The fourth-order valence-electron chi connectivity index (χ4n) is 5.98. The summed E-state index contributed by atoms with van der Waals surface area (Å²) >= 11 is 0.859. The maximum Gasteiger partial charge on any atom is 0.273 e. The number of hydrogen-bond donors (Lipinski definition) is 3. The Kier molecular flexibility index (Phi) is 8.31. The number of anilines is 1. The highest BCUT2D eigenvalue weighted by molar-refractivity contribution is 7.09. The van der Waals surface area contributed by atoms with Crippen LogP contribution < -0.4 is 25.8 Å². The molecule has 0 spiro atoms. The molecule has 11 nitrogen and oxygen atoms in total. The largest absolute Gasteiger partial charge is 0.467 e. The molecule has 3 aliphatic rings. The third-order valence-electron chi connectivity index (χ3n) is 8.20. The molecule has 1 aromatic carbocycles. The van der Waals surface area contributed by atoms with Gasteiger partial charge in [-0.3, -0.25) is 14.4 Å². The number of furan rings is 1. The molecule has 42 heavy (non-hydrogen) atoms. The zero-order chi connectivity index (χ0) is 29.1. The van der Waals surface area contributed by atoms with E-state index in [4.69, 9.17) is 19.6 Å². The van der Waals surface area contributed by atoms with E-state index < -0.39 is 17.9 Å². The van der Waals surface area contributed by atoms with Crippen molar-refractivity contribution in [3.63, 3.8) is 0 Å². The van der Waals surface area contributed by atoms with Crippen LogP contribution >= 0.6 is 11.5 Å². The summed E-state index contributed by atoms with van der Waals surface area (Å²) in [6, 6.07) is 7.75. The Labute approximate surface area is 247 Å². The average Bonchev–Trinajstić information content (AvgIpc) is 3.81. The van der Waals surface area contributed by atoms with Gasteiger partial charge in [0.25, 0.3) is 17.7 Å². The Bertz CT molecular complexity index is 1430. The number of ether oxygens (including phenoxy) is 2. The van der Waals surface area contributed by atoms with Gasteiger partial charge >= 0.3 is 0 Å². The fourth-order valence-corrected chi connectivity index (χ4v) is 6.74. The number of fused-ring (bicyclic) bond motifs is 1. The van der Waals surface area contributed by atoms with Gasteiger partial charge in [0.1, 0.15) is 10.6 Å². The van der Waals surface area contributed by atoms with Crippen molar-refractivity contribution in [2.24, 2.45) is 0 Å². The van der Waals surface area contributed by atoms with E-state index in [0.29, 0.717) is 17.3 Å². The molecule has 2 saturated carbocycles. The molecule has 2 fully saturated rings. The smallest absolute Gasteiger partial charge is 0.273 e. The summed E-state index contributed by atoms with van der Waals surface area (Å²) in [4.78, 5) is 42.8. The molecule has 12 heteroatoms. The number of nitrogens with zero attached hydrogens (tertiary/aromatic N) is 2. The fraction of sp³-hybridized carbons (Fsp3) is 0.467. The van der Waals surface area contributed by atoms with E-state index in [9.17, 15) is 14.4 Å². The van der Waals surface area contributed by atoms with Crippen LogP contribution in [0.15, 0.2) is 41.0 Å². The number of carbonyl (C=O) groups is 3. The molecule has 0 saturated heterocycles. The molecule has 1 atom stereocenters. The second-order valence-corrected chi connectivity index (χ2v) is 11.9. The molecule has 2 aromatic heterocycles. The first-order valence-corrected chi connectivity index (χ1v) is 15.3. The Hall–Kier alpha value is -4.06. The summed E-state index contributed by atoms with van der Waals surface area (Å²) in [5.41, 5.74) is 7.17. The van der Waals surface area contributed by atoms with Crippen molar-refractivity contribution >= 4 is 34.9 Å². The number of hydrogen-bond acceptors (Lipinski definition) is 9. The summed E-state index contributed by atoms with van der Waals surface area (Å²) in [6.45, 7) is 0.156. The van der Waals surface area contributed by atoms with Crippen molar-refractivity contribution in [1.82, 2.24) is 19.9 Å². The molecule has 4 N–H and O–H groups in total. The van der Waals surface area contributed by atoms with Gasteiger partial charge in [-0.2, -0.15) is 4.37 Å². The number of nitrogen functional groups attached to an aromatic ring is 1. The zero-order valence-corrected chi connectivity index (χ0v) is 24.1. The second kappa shape index (κ2) is 12.4. The molecule has 3 aromatic rings. The molecular weight excluding hydrogens is 558 g/mol. The quantitative estimate of drug-likeness (QED) is 0.327. The van der Waals surface area contributed by atoms with Gasteiger partial charge < -0.3 is 35.2 Å². The number of carbonyl (C=O) groups excluding carboxylic acids is 3. The molecule has 2 aliphatic carbocycles. The lowest BCUT2D eigenvalue weighted by atomic mass is 9.95. The maximum absolute atomic E-state index is 14.3. The normalized spacial score (nSPS) is 17.6. The molecule has 0 radical (unpaired) electrons. The highest BCUT2D eigenvalue weighted by Crippen LogP contribution is 2.35. The predicted octanol–water partition coefficient (Wildman–Crippen LogP) is 4.55. The SMILES string of the molecule is Nc1c(C(=O)NC2CCCCC2)nsc1C(=O)N(Cc1ccc2c(c1)OCO2)C(C(=O)NC1CCCC1)c1ccco1. The van der Waals surface area contributed by atoms with E-state index in [-0.39, 0.29) is 47.6 Å². The van der Waals surface area contributed by atoms with Crippen LogP contribution in [0.3, 0.4) is 0 Å². The minimum absolute atomic E-state index is 0.00314. The topological polar surface area (TPSA) is 149 Å². The first-order chi connectivity index (χ1) is 20.5. The molecule has 3 heterocycles. The van der Waals surface area contributed by atoms with E-state index in [0.717, 1.165) is 74.9 Å². The molecule has 3 amide bonds. The van der Waals surface area contributed by atoms with E-state index in [1.54, 1.807) is 24.3 Å². The first kappa shape index (κ1) is 28.1. The summed E-state index contributed by atoms with van der Waals surface area (Å²) in [7, 11) is 0. The lowest BCUT2D eigenvalue weighted by Crippen LogP contribution is -2.45. The number of rotatable bonds is 9. The van der Waals surface area contributed by atoms with Crippen molar-refractivity contribution < 1.29 is 28.3 Å². The van der Waals surface area contributed by atoms with Gasteiger partial charge in [0, 0.05) is 18.6 Å². The number of amides is 3. The van der Waals surface area contributed by atoms with Gasteiger partial charge in [-0.05, 0) is 67.0 Å². The molecule has 222 valence electrons. The number of aromatic nitrogens is 1. The highest BCUT2D eigenvalue weighted by Gasteiger charge is 2.38. The van der Waals surface area contributed by atoms with E-state index in [1.807, 2.05) is 6.07 Å². The second-order valence-electron chi connectivity index (χ2n) is 11.1. The van der Waals surface area contributed by atoms with Crippen LogP contribution in [0.4, 0.5) is 5.69 Å². The first-order valence-electron chi connectivity index (χ1n) is 14.6. The summed E-state index contributed by atoms with van der Waals surface area (Å²) in [5, 5.41) is 6.14. The van der Waals surface area contributed by atoms with Gasteiger partial charge in [0.05, 0.1) is 12.0 Å². The maximum atomic E-state index is 14.3. The van der Waals surface area contributed by atoms with Crippen LogP contribution in [0.1, 0.15) is 95.3 Å². The van der Waals surface area contributed by atoms with Crippen molar-refractivity contribution in [2.45, 2.75) is 82.5 Å². The number of nitrogens with two attached hydrogens (primary N) is 1. The van der Waals surface area contributed by atoms with Gasteiger partial charge in [0.2, 0.25) is 6.79 Å². The minimum Gasteiger partial charge on any atom is -0.467 e. The van der Waals surface area contributed by atoms with Crippen LogP contribution in [-0.4, -0.2) is 45.9 Å². The standard InChI is InChI=1S/C30H35N5O6S/c31-24-25(28(36)32-19-7-2-1-3-8-19)34-42-27(24)30(38)35(16-18-12-13-21-23(15-18)41-17-40-21)26(22-11-6-14-39-22)29(37)33-20-9-4-5-10-20/h6,11-15,19-20,26H,1-5,7-10,16-17,31H2,(H,32,36)(H,33,37). The number of benzene rings is 1. The third kappa shape index (κ3) is 5.94. The summed E-state index contributed by atoms with van der Waals surface area (Å²) in [6.07, 6.45) is 10.4. The Morgan fingerprint density at radius 3 is 2.43 bits per heavy atom. The van der Waals surface area contributed by atoms with Crippen LogP contribution in [0.25, 0.3) is 0 Å². The van der Waals surface area contributed by atoms with Crippen molar-refractivity contribution in [3.05, 3.63) is 58.5 Å². The van der Waals surface area contributed by atoms with E-state index in [2.05, 4.69) is 15.0 Å². The molecule has 6 rings (SSSR count). The molecule has 1 unspecified atom stereocenters. The third-order valence-corrected chi connectivity index (χ3v) is 9.05. The Morgan fingerprint density at radius 1 is 0.976 bits per heavy atom. The van der Waals surface area contributed by atoms with E-state index >= 15 is 0 Å². The molecular formula is C30H35N5O6S. The summed E-state index contributed by atoms with van der Waals surface area (Å²) < 4.78 is 21.0. The van der Waals surface area contributed by atoms with Crippen LogP contribution in [-0.2, 0) is 11.3 Å². The summed E-state index contributed by atoms with van der Waals surface area (Å²) in [5.74, 6) is 0.227. The Morgan fingerprint density at radius 2 is 1.69 bits per heavy atom. The van der Waals surface area contributed by atoms with Crippen molar-refractivity contribution in [2.75, 3.05) is 12.5 Å². The van der Waals surface area contributed by atoms with Gasteiger partial charge in [0.15, 0.2) is 23.2 Å². The van der Waals surface area contributed by atoms with Crippen molar-refractivity contribution in [1.29, 1.82) is 0 Å². The van der Waals surface area contributed by atoms with Crippen molar-refractivity contribution in [3.8, 4) is 11.5 Å². The van der Waals surface area contributed by atoms with Gasteiger partial charge in [-0.1, -0.05) is 38.2 Å². The molecule has 1 aliphatic heterocycles. The lowest BCUT2D eigenvalue weighted by molar-refractivity contribution is -0.127. The highest BCUT2D eigenvalue weighted by atomic mass is 32.1. The van der Waals surface area contributed by atoms with Gasteiger partial charge in [-0.25, -0.2) is 0 Å². The van der Waals surface area contributed by atoms with Crippen LogP contribution in [0, 0.1) is 0 Å². The van der Waals surface area contributed by atoms with E-state index in [1.165, 1.54) is 11.2 Å². The minimum atomic E-state index is -1.08. The average molecular weight is 594 g/mol. The lowest BCUT2D eigenvalue weighted by Gasteiger charge is -2.30. The monoisotopic (exact) mass is 593 g/mol. The Balaban J connectivity index is 1.32. The molecule has 0 bridgehead atoms. The number of nitrogens with one attached hydrogen (secondary N) is 2.